The van der Waals surface area contributed by atoms with Gasteiger partial charge in [-0.15, -0.1) is 27.8 Å². The summed E-state index contributed by atoms with van der Waals surface area (Å²) in [4.78, 5) is 48.0. The van der Waals surface area contributed by atoms with Gasteiger partial charge < -0.3 is 21.0 Å². The number of carbonyl (C=O) groups is 3. The molecule has 2 aliphatic heterocycles. The summed E-state index contributed by atoms with van der Waals surface area (Å²) in [6.45, 7) is 0.207. The summed E-state index contributed by atoms with van der Waals surface area (Å²) in [5, 5.41) is 21.8. The molecule has 0 aromatic carbocycles. The molecule has 0 radical (unpaired) electrons. The van der Waals surface area contributed by atoms with E-state index >= 15 is 0 Å². The van der Waals surface area contributed by atoms with Crippen LogP contribution in [0.25, 0.3) is 5.65 Å². The van der Waals surface area contributed by atoms with Gasteiger partial charge in [0, 0.05) is 27.9 Å². The van der Waals surface area contributed by atoms with Crippen molar-refractivity contribution in [1.29, 1.82) is 0 Å². The van der Waals surface area contributed by atoms with Crippen molar-refractivity contribution in [3.63, 3.8) is 0 Å². The van der Waals surface area contributed by atoms with E-state index in [4.69, 9.17) is 10.6 Å². The van der Waals surface area contributed by atoms with Crippen LogP contribution in [0.1, 0.15) is 5.69 Å². The highest BCUT2D eigenvalue weighted by atomic mass is 32.2. The monoisotopic (exact) mass is 515 g/mol. The smallest absolute Gasteiger partial charge is 0.352 e. The number of carboxylic acids is 1. The number of aliphatic carboxylic acids is 1. The van der Waals surface area contributed by atoms with E-state index in [1.54, 1.807) is 16.4 Å². The molecule has 15 heteroatoms. The number of hydrogen-bond acceptors (Lipinski definition) is 10. The number of carbonyl (C=O) groups excluding carboxylic acids is 2. The molecule has 13 nitrogen and oxygen atoms in total. The van der Waals surface area contributed by atoms with Gasteiger partial charge in [0.05, 0.1) is 6.20 Å². The molecular weight excluding hydrogens is 496 g/mol. The number of nitrogens with two attached hydrogens (primary N) is 1. The summed E-state index contributed by atoms with van der Waals surface area (Å²) in [5.41, 5.74) is 6.96. The first-order chi connectivity index (χ1) is 16.9. The summed E-state index contributed by atoms with van der Waals surface area (Å²) in [6.07, 6.45) is 3.47. The van der Waals surface area contributed by atoms with Gasteiger partial charge in [-0.3, -0.25) is 14.5 Å². The van der Waals surface area contributed by atoms with Gasteiger partial charge in [-0.25, -0.2) is 14.2 Å². The van der Waals surface area contributed by atoms with Gasteiger partial charge in [0.15, 0.2) is 10.8 Å². The lowest BCUT2D eigenvalue weighted by Gasteiger charge is -2.49. The zero-order valence-electron chi connectivity index (χ0n) is 18.2. The summed E-state index contributed by atoms with van der Waals surface area (Å²) in [6, 6.07) is 4.66. The molecular formula is C20H19N8O5S2+. The fourth-order valence-electron chi connectivity index (χ4n) is 3.95. The second-order valence-corrected chi connectivity index (χ2v) is 9.56. The number of pyridine rings is 1. The SMILES string of the molecule is CO/N=C(/C(=O)NC1C(=O)N2C(C(=O)O)=C(Cn3nc[n+]4ccccc34)CSC12)c1csc(N)n1. The topological polar surface area (TPSA) is 169 Å². The van der Waals surface area contributed by atoms with Gasteiger partial charge in [-0.2, -0.15) is 0 Å². The highest BCUT2D eigenvalue weighted by molar-refractivity contribution is 8.00. The largest absolute Gasteiger partial charge is 0.477 e. The second-order valence-electron chi connectivity index (χ2n) is 7.57. The van der Waals surface area contributed by atoms with Crippen LogP contribution in [0.4, 0.5) is 5.13 Å². The molecule has 180 valence electrons. The predicted octanol–water partition coefficient (Wildman–Crippen LogP) is -0.550. The van der Waals surface area contributed by atoms with Crippen molar-refractivity contribution in [1.82, 2.24) is 25.0 Å². The third kappa shape index (κ3) is 3.97. The number of hydrogen-bond donors (Lipinski definition) is 3. The van der Waals surface area contributed by atoms with Gasteiger partial charge in [0.1, 0.15) is 36.5 Å². The number of aromatic nitrogens is 4. The number of nitrogens with zero attached hydrogens (tertiary/aromatic N) is 6. The van der Waals surface area contributed by atoms with Crippen molar-refractivity contribution in [2.45, 2.75) is 18.0 Å². The Morgan fingerprint density at radius 2 is 2.26 bits per heavy atom. The minimum atomic E-state index is -1.22. The van der Waals surface area contributed by atoms with Gasteiger partial charge in [-0.1, -0.05) is 11.2 Å². The minimum absolute atomic E-state index is 0.0908. The van der Waals surface area contributed by atoms with Crippen LogP contribution in [0.15, 0.2) is 52.5 Å². The van der Waals surface area contributed by atoms with Crippen molar-refractivity contribution in [3.05, 3.63) is 53.1 Å². The maximum atomic E-state index is 13.0. The summed E-state index contributed by atoms with van der Waals surface area (Å²) in [5.74, 6) is -2.07. The zero-order chi connectivity index (χ0) is 24.7. The van der Waals surface area contributed by atoms with E-state index in [-0.39, 0.29) is 28.8 Å². The van der Waals surface area contributed by atoms with Crippen LogP contribution in [0.5, 0.6) is 0 Å². The van der Waals surface area contributed by atoms with Gasteiger partial charge in [0.25, 0.3) is 23.8 Å². The van der Waals surface area contributed by atoms with E-state index in [1.807, 2.05) is 28.8 Å². The van der Waals surface area contributed by atoms with E-state index in [1.165, 1.54) is 23.8 Å². The van der Waals surface area contributed by atoms with Gasteiger partial charge in [-0.05, 0) is 6.07 Å². The summed E-state index contributed by atoms with van der Waals surface area (Å²) in [7, 11) is 1.28. The molecule has 5 rings (SSSR count). The van der Waals surface area contributed by atoms with Crippen LogP contribution < -0.4 is 15.5 Å². The van der Waals surface area contributed by atoms with Crippen LogP contribution in [-0.2, 0) is 25.8 Å². The van der Waals surface area contributed by atoms with E-state index in [0.29, 0.717) is 11.3 Å². The Kier molecular flexibility index (Phi) is 5.86. The number of fused-ring (bicyclic) bond motifs is 2. The highest BCUT2D eigenvalue weighted by Gasteiger charge is 2.54. The van der Waals surface area contributed by atoms with Gasteiger partial charge >= 0.3 is 5.97 Å². The third-order valence-electron chi connectivity index (χ3n) is 5.49. The number of oxime groups is 1. The Bertz CT molecular complexity index is 1410. The lowest BCUT2D eigenvalue weighted by Crippen LogP contribution is -2.71. The molecule has 2 amide bonds. The number of carboxylic acid groups (broad SMARTS) is 1. The Hall–Kier alpha value is -3.98. The first-order valence-corrected chi connectivity index (χ1v) is 12.2. The molecule has 35 heavy (non-hydrogen) atoms. The maximum Gasteiger partial charge on any atom is 0.352 e. The maximum absolute atomic E-state index is 13.0. The summed E-state index contributed by atoms with van der Waals surface area (Å²) < 4.78 is 3.49. The van der Waals surface area contributed by atoms with Crippen LogP contribution in [0.3, 0.4) is 0 Å². The Balaban J connectivity index is 1.37. The van der Waals surface area contributed by atoms with E-state index in [0.717, 1.165) is 17.0 Å². The first kappa shape index (κ1) is 22.8. The van der Waals surface area contributed by atoms with Crippen molar-refractivity contribution in [2.75, 3.05) is 18.6 Å². The lowest BCUT2D eigenvalue weighted by molar-refractivity contribution is -0.512. The molecule has 1 saturated heterocycles. The number of thioether (sulfide) groups is 1. The number of anilines is 1. The van der Waals surface area contributed by atoms with E-state index < -0.39 is 29.2 Å². The number of rotatable bonds is 7. The zero-order valence-corrected chi connectivity index (χ0v) is 19.8. The number of β-lactam (4-membered cyclic amide) rings is 1. The molecule has 2 aliphatic rings. The quantitative estimate of drug-likeness (QED) is 0.162. The second kappa shape index (κ2) is 8.99. The van der Waals surface area contributed by atoms with Crippen LogP contribution in [0, 0.1) is 0 Å². The molecule has 4 N–H and O–H groups in total. The molecule has 0 aliphatic carbocycles. The molecule has 2 atom stereocenters. The molecule has 2 unspecified atom stereocenters. The van der Waals surface area contributed by atoms with E-state index in [2.05, 4.69) is 20.6 Å². The number of nitrogens with one attached hydrogen (secondary N) is 1. The molecule has 5 heterocycles. The van der Waals surface area contributed by atoms with Crippen LogP contribution in [-0.4, -0.2) is 72.5 Å². The first-order valence-electron chi connectivity index (χ1n) is 10.2. The van der Waals surface area contributed by atoms with Crippen molar-refractivity contribution >= 4 is 57.4 Å². The normalized spacial score (nSPS) is 20.0. The minimum Gasteiger partial charge on any atom is -0.477 e. The molecule has 3 aromatic heterocycles. The molecule has 1 fully saturated rings. The Morgan fingerprint density at radius 3 is 2.97 bits per heavy atom. The average molecular weight is 516 g/mol. The molecule has 0 spiro atoms. The number of nitrogen functional groups attached to an aromatic ring is 1. The Morgan fingerprint density at radius 1 is 1.43 bits per heavy atom. The molecule has 3 aromatic rings. The van der Waals surface area contributed by atoms with Crippen molar-refractivity contribution in [3.8, 4) is 0 Å². The highest BCUT2D eigenvalue weighted by Crippen LogP contribution is 2.40. The lowest BCUT2D eigenvalue weighted by atomic mass is 10.0. The summed E-state index contributed by atoms with van der Waals surface area (Å²) >= 11 is 2.49. The van der Waals surface area contributed by atoms with Crippen molar-refractivity contribution in [2.24, 2.45) is 5.16 Å². The van der Waals surface area contributed by atoms with Crippen LogP contribution >= 0.6 is 23.1 Å². The van der Waals surface area contributed by atoms with E-state index in [9.17, 15) is 19.5 Å². The fourth-order valence-corrected chi connectivity index (χ4v) is 5.83. The molecule has 0 bridgehead atoms. The van der Waals surface area contributed by atoms with Gasteiger partial charge in [0.2, 0.25) is 0 Å². The number of amides is 2. The third-order valence-corrected chi connectivity index (χ3v) is 7.50. The van der Waals surface area contributed by atoms with Crippen LogP contribution in [0.2, 0.25) is 0 Å². The standard InChI is InChI=1S/C20H18N8O5S2/c1-33-25-13(11-8-35-20(21)23-11)16(29)24-14-17(30)28-15(19(31)32)10(7-34-18(14)28)6-27-12-4-2-3-5-26(12)9-22-27/h2-5,8-9,14,18H,6-7H2,1H3,(H3-,21,23,24,29,31,32)/p+1/b25-13+. The molecule has 0 saturated carbocycles. The number of thiazole rings is 1. The average Bonchev–Trinajstić information content (AvgIpc) is 3.46. The predicted molar refractivity (Wildman–Crippen MR) is 125 cm³/mol. The fraction of sp³-hybridized carbons (Fsp3) is 0.250. The van der Waals surface area contributed by atoms with Crippen molar-refractivity contribution < 1.29 is 28.7 Å². The Labute approximate surface area is 205 Å².